The third-order valence-electron chi connectivity index (χ3n) is 3.10. The summed E-state index contributed by atoms with van der Waals surface area (Å²) in [6.45, 7) is 7.85. The van der Waals surface area contributed by atoms with Crippen molar-refractivity contribution < 1.29 is 9.21 Å². The molecule has 0 saturated carbocycles. The zero-order valence-corrected chi connectivity index (χ0v) is 12.2. The molecule has 0 aliphatic carbocycles. The number of aryl methyl sites for hydroxylation is 1. The smallest absolute Gasteiger partial charge is 0.336 e. The van der Waals surface area contributed by atoms with Crippen molar-refractivity contribution in [3.8, 4) is 0 Å². The van der Waals surface area contributed by atoms with Gasteiger partial charge in [0.1, 0.15) is 5.58 Å². The molecule has 1 amide bonds. The third-order valence-corrected chi connectivity index (χ3v) is 3.10. The third kappa shape index (κ3) is 3.07. The van der Waals surface area contributed by atoms with Gasteiger partial charge in [-0.3, -0.25) is 4.79 Å². The van der Waals surface area contributed by atoms with Crippen LogP contribution in [0.5, 0.6) is 0 Å². The second-order valence-electron chi connectivity index (χ2n) is 6.02. The maximum Gasteiger partial charge on any atom is 0.336 e. The van der Waals surface area contributed by atoms with Crippen LogP contribution in [-0.2, 0) is 11.3 Å². The van der Waals surface area contributed by atoms with Crippen LogP contribution in [-0.4, -0.2) is 5.91 Å². The fraction of sp³-hybridized carbons (Fsp3) is 0.375. The van der Waals surface area contributed by atoms with Gasteiger partial charge in [0.2, 0.25) is 5.91 Å². The van der Waals surface area contributed by atoms with E-state index in [0.717, 1.165) is 16.5 Å². The highest BCUT2D eigenvalue weighted by Crippen LogP contribution is 2.19. The molecule has 0 radical (unpaired) electrons. The Hall–Kier alpha value is -2.10. The highest BCUT2D eigenvalue weighted by molar-refractivity contribution is 5.83. The van der Waals surface area contributed by atoms with Crippen LogP contribution in [0.3, 0.4) is 0 Å². The number of hydrogen-bond acceptors (Lipinski definition) is 3. The van der Waals surface area contributed by atoms with Crippen LogP contribution in [0.15, 0.2) is 33.5 Å². The molecule has 1 aromatic carbocycles. The van der Waals surface area contributed by atoms with Crippen molar-refractivity contribution in [3.05, 3.63) is 45.8 Å². The first-order valence-corrected chi connectivity index (χ1v) is 6.59. The molecule has 0 aliphatic rings. The Labute approximate surface area is 117 Å². The molecule has 0 aliphatic heterocycles. The normalized spacial score (nSPS) is 11.6. The van der Waals surface area contributed by atoms with E-state index in [1.54, 1.807) is 6.07 Å². The lowest BCUT2D eigenvalue weighted by molar-refractivity contribution is -0.128. The van der Waals surface area contributed by atoms with Crippen LogP contribution < -0.4 is 10.9 Å². The van der Waals surface area contributed by atoms with Gasteiger partial charge in [0.15, 0.2) is 0 Å². The molecule has 4 nitrogen and oxygen atoms in total. The minimum absolute atomic E-state index is 0.0495. The number of carbonyl (C=O) groups is 1. The molecule has 1 aromatic heterocycles. The maximum absolute atomic E-state index is 11.9. The number of fused-ring (bicyclic) bond motifs is 1. The summed E-state index contributed by atoms with van der Waals surface area (Å²) in [6.07, 6.45) is 0. The summed E-state index contributed by atoms with van der Waals surface area (Å²) in [5.74, 6) is -0.0495. The minimum atomic E-state index is -0.453. The van der Waals surface area contributed by atoms with Crippen LogP contribution in [0.1, 0.15) is 31.9 Å². The Morgan fingerprint density at radius 1 is 1.25 bits per heavy atom. The predicted octanol–water partition coefficient (Wildman–Crippen LogP) is 2.76. The van der Waals surface area contributed by atoms with E-state index >= 15 is 0 Å². The highest BCUT2D eigenvalue weighted by Gasteiger charge is 2.20. The molecule has 20 heavy (non-hydrogen) atoms. The Balaban J connectivity index is 2.36. The van der Waals surface area contributed by atoms with E-state index in [1.165, 1.54) is 6.07 Å². The molecule has 0 spiro atoms. The summed E-state index contributed by atoms with van der Waals surface area (Å²) in [5.41, 5.74) is 1.54. The van der Waals surface area contributed by atoms with E-state index in [9.17, 15) is 9.59 Å². The summed E-state index contributed by atoms with van der Waals surface area (Å²) >= 11 is 0. The van der Waals surface area contributed by atoms with Gasteiger partial charge >= 0.3 is 5.63 Å². The summed E-state index contributed by atoms with van der Waals surface area (Å²) in [7, 11) is 0. The number of rotatable bonds is 2. The van der Waals surface area contributed by atoms with Gasteiger partial charge in [0.05, 0.1) is 0 Å². The van der Waals surface area contributed by atoms with E-state index < -0.39 is 11.0 Å². The van der Waals surface area contributed by atoms with Crippen molar-refractivity contribution in [2.24, 2.45) is 5.41 Å². The van der Waals surface area contributed by atoms with E-state index in [4.69, 9.17) is 4.42 Å². The van der Waals surface area contributed by atoms with Gasteiger partial charge in [-0.2, -0.15) is 0 Å². The number of amides is 1. The number of hydrogen-bond donors (Lipinski definition) is 1. The largest absolute Gasteiger partial charge is 0.423 e. The molecule has 0 unspecified atom stereocenters. The van der Waals surface area contributed by atoms with Crippen molar-refractivity contribution >= 4 is 16.9 Å². The minimum Gasteiger partial charge on any atom is -0.423 e. The van der Waals surface area contributed by atoms with Gasteiger partial charge in [0.25, 0.3) is 0 Å². The van der Waals surface area contributed by atoms with Crippen molar-refractivity contribution in [2.45, 2.75) is 34.2 Å². The van der Waals surface area contributed by atoms with Crippen LogP contribution in [0.2, 0.25) is 0 Å². The van der Waals surface area contributed by atoms with E-state index in [2.05, 4.69) is 5.32 Å². The first kappa shape index (κ1) is 14.3. The van der Waals surface area contributed by atoms with Gasteiger partial charge in [0, 0.05) is 23.4 Å². The van der Waals surface area contributed by atoms with Gasteiger partial charge in [-0.15, -0.1) is 0 Å². The van der Waals surface area contributed by atoms with Gasteiger partial charge in [-0.1, -0.05) is 32.4 Å². The molecule has 2 aromatic rings. The van der Waals surface area contributed by atoms with Crippen molar-refractivity contribution in [1.82, 2.24) is 5.32 Å². The summed E-state index contributed by atoms with van der Waals surface area (Å²) < 4.78 is 5.16. The average Bonchev–Trinajstić information content (AvgIpc) is 2.35. The molecule has 0 bridgehead atoms. The fourth-order valence-electron chi connectivity index (χ4n) is 1.93. The average molecular weight is 273 g/mol. The molecule has 1 heterocycles. The Bertz CT molecular complexity index is 708. The SMILES string of the molecule is Cc1ccc2oc(=O)cc(CNC(=O)C(C)(C)C)c2c1. The van der Waals surface area contributed by atoms with E-state index in [-0.39, 0.29) is 5.91 Å². The summed E-state index contributed by atoms with van der Waals surface area (Å²) in [6, 6.07) is 7.06. The molecule has 2 rings (SSSR count). The second-order valence-corrected chi connectivity index (χ2v) is 6.02. The van der Waals surface area contributed by atoms with E-state index in [1.807, 2.05) is 39.8 Å². The number of carbonyl (C=O) groups excluding carboxylic acids is 1. The van der Waals surface area contributed by atoms with Crippen LogP contribution in [0.25, 0.3) is 11.0 Å². The van der Waals surface area contributed by atoms with E-state index in [0.29, 0.717) is 12.1 Å². The van der Waals surface area contributed by atoms with Crippen molar-refractivity contribution in [1.29, 1.82) is 0 Å². The molecular formula is C16H19NO3. The topological polar surface area (TPSA) is 59.3 Å². The molecule has 106 valence electrons. The monoisotopic (exact) mass is 273 g/mol. The standard InChI is InChI=1S/C16H19NO3/c1-10-5-6-13-12(7-10)11(8-14(18)20-13)9-17-15(19)16(2,3)4/h5-8H,9H2,1-4H3,(H,17,19). The van der Waals surface area contributed by atoms with Gasteiger partial charge in [-0.05, 0) is 24.6 Å². The van der Waals surface area contributed by atoms with Gasteiger partial charge < -0.3 is 9.73 Å². The molecule has 1 N–H and O–H groups in total. The fourth-order valence-corrected chi connectivity index (χ4v) is 1.93. The van der Waals surface area contributed by atoms with Crippen LogP contribution in [0.4, 0.5) is 0 Å². The lowest BCUT2D eigenvalue weighted by Crippen LogP contribution is -2.34. The zero-order valence-electron chi connectivity index (χ0n) is 12.2. The summed E-state index contributed by atoms with van der Waals surface area (Å²) in [5, 5.41) is 3.72. The predicted molar refractivity (Wildman–Crippen MR) is 78.5 cm³/mol. The molecular weight excluding hydrogens is 254 g/mol. The molecule has 0 saturated heterocycles. The first-order valence-electron chi connectivity index (χ1n) is 6.59. The maximum atomic E-state index is 11.9. The van der Waals surface area contributed by atoms with Crippen molar-refractivity contribution in [2.75, 3.05) is 0 Å². The quantitative estimate of drug-likeness (QED) is 0.856. The Kier molecular flexibility index (Phi) is 3.66. The van der Waals surface area contributed by atoms with Crippen LogP contribution in [0, 0.1) is 12.3 Å². The lowest BCUT2D eigenvalue weighted by Gasteiger charge is -2.18. The highest BCUT2D eigenvalue weighted by atomic mass is 16.4. The lowest BCUT2D eigenvalue weighted by atomic mass is 9.95. The Morgan fingerprint density at radius 2 is 1.95 bits per heavy atom. The van der Waals surface area contributed by atoms with Crippen molar-refractivity contribution in [3.63, 3.8) is 0 Å². The van der Waals surface area contributed by atoms with Gasteiger partial charge in [-0.25, -0.2) is 4.79 Å². The molecule has 4 heteroatoms. The number of nitrogens with one attached hydrogen (secondary N) is 1. The molecule has 0 atom stereocenters. The zero-order chi connectivity index (χ0) is 14.9. The molecule has 0 fully saturated rings. The van der Waals surface area contributed by atoms with Crippen LogP contribution >= 0.6 is 0 Å². The first-order chi connectivity index (χ1) is 9.27. The number of benzene rings is 1. The summed E-state index contributed by atoms with van der Waals surface area (Å²) in [4.78, 5) is 23.5. The second kappa shape index (κ2) is 5.12. The Morgan fingerprint density at radius 3 is 2.60 bits per heavy atom.